The van der Waals surface area contributed by atoms with Crippen LogP contribution in [0.4, 0.5) is 0 Å². The Morgan fingerprint density at radius 1 is 1.33 bits per heavy atom. The average Bonchev–Trinajstić information content (AvgIpc) is 2.67. The number of aryl methyl sites for hydroxylation is 1. The van der Waals surface area contributed by atoms with Crippen molar-refractivity contribution in [1.29, 1.82) is 0 Å². The van der Waals surface area contributed by atoms with Crippen LogP contribution in [-0.4, -0.2) is 18.0 Å². The van der Waals surface area contributed by atoms with E-state index in [1.165, 1.54) is 6.92 Å². The molecule has 0 radical (unpaired) electrons. The van der Waals surface area contributed by atoms with Crippen LogP contribution in [0, 0.1) is 6.92 Å². The third-order valence-corrected chi connectivity index (χ3v) is 2.71. The Morgan fingerprint density at radius 2 is 2.00 bits per heavy atom. The minimum Gasteiger partial charge on any atom is -0.449 e. The molecule has 0 spiro atoms. The first-order valence-corrected chi connectivity index (χ1v) is 5.49. The molecular weight excluding hydrogens is 234 g/mol. The number of hydrogen-bond donors (Lipinski definition) is 1. The lowest BCUT2D eigenvalue weighted by molar-refractivity contribution is -0.125. The minimum atomic E-state index is -0.981. The molecular formula is C13H13NO4. The number of primary amides is 1. The first-order valence-electron chi connectivity index (χ1n) is 5.49. The van der Waals surface area contributed by atoms with Crippen LogP contribution < -0.4 is 5.73 Å². The number of carbonyl (C=O) groups excluding carboxylic acids is 2. The number of para-hydroxylation sites is 1. The van der Waals surface area contributed by atoms with Gasteiger partial charge in [-0.05, 0) is 19.9 Å². The fourth-order valence-electron chi connectivity index (χ4n) is 1.64. The van der Waals surface area contributed by atoms with Crippen LogP contribution in [0.2, 0.25) is 0 Å². The van der Waals surface area contributed by atoms with E-state index >= 15 is 0 Å². The Bertz CT molecular complexity index is 614. The van der Waals surface area contributed by atoms with Crippen LogP contribution in [0.25, 0.3) is 11.0 Å². The summed E-state index contributed by atoms with van der Waals surface area (Å²) in [5, 5.41) is 0.844. The number of furan rings is 1. The lowest BCUT2D eigenvalue weighted by Crippen LogP contribution is -2.30. The highest BCUT2D eigenvalue weighted by Crippen LogP contribution is 2.25. The van der Waals surface area contributed by atoms with Gasteiger partial charge in [-0.2, -0.15) is 0 Å². The summed E-state index contributed by atoms with van der Waals surface area (Å²) in [6.45, 7) is 3.18. The Morgan fingerprint density at radius 3 is 2.61 bits per heavy atom. The molecule has 0 aliphatic rings. The summed E-state index contributed by atoms with van der Waals surface area (Å²) < 4.78 is 10.3. The molecule has 0 unspecified atom stereocenters. The van der Waals surface area contributed by atoms with Crippen LogP contribution in [0.15, 0.2) is 28.7 Å². The normalized spacial score (nSPS) is 12.3. The summed E-state index contributed by atoms with van der Waals surface area (Å²) in [6.07, 6.45) is -0.981. The number of amides is 1. The first-order chi connectivity index (χ1) is 8.50. The zero-order valence-corrected chi connectivity index (χ0v) is 10.1. The average molecular weight is 247 g/mol. The predicted octanol–water partition coefficient (Wildman–Crippen LogP) is 1.77. The quantitative estimate of drug-likeness (QED) is 0.838. The fourth-order valence-corrected chi connectivity index (χ4v) is 1.64. The molecule has 2 rings (SSSR count). The highest BCUT2D eigenvalue weighted by Gasteiger charge is 2.22. The van der Waals surface area contributed by atoms with E-state index in [2.05, 4.69) is 0 Å². The third-order valence-electron chi connectivity index (χ3n) is 2.71. The van der Waals surface area contributed by atoms with Crippen molar-refractivity contribution in [3.05, 3.63) is 35.6 Å². The summed E-state index contributed by atoms with van der Waals surface area (Å²) in [6, 6.07) is 7.28. The summed E-state index contributed by atoms with van der Waals surface area (Å²) in [5.41, 5.74) is 6.32. The number of benzene rings is 1. The van der Waals surface area contributed by atoms with E-state index in [1.54, 1.807) is 13.0 Å². The molecule has 18 heavy (non-hydrogen) atoms. The van der Waals surface area contributed by atoms with Gasteiger partial charge < -0.3 is 14.9 Å². The van der Waals surface area contributed by atoms with Crippen molar-refractivity contribution < 1.29 is 18.7 Å². The summed E-state index contributed by atoms with van der Waals surface area (Å²) in [7, 11) is 0. The SMILES string of the molecule is Cc1c(C(=O)O[C@H](C)C(N)=O)oc2ccccc12. The fraction of sp³-hybridized carbons (Fsp3) is 0.231. The van der Waals surface area contributed by atoms with Crippen molar-refractivity contribution in [3.63, 3.8) is 0 Å². The van der Waals surface area contributed by atoms with Crippen molar-refractivity contribution >= 4 is 22.8 Å². The van der Waals surface area contributed by atoms with Gasteiger partial charge in [0.1, 0.15) is 5.58 Å². The van der Waals surface area contributed by atoms with Gasteiger partial charge in [-0.3, -0.25) is 4.79 Å². The Hall–Kier alpha value is -2.30. The van der Waals surface area contributed by atoms with Gasteiger partial charge in [0.05, 0.1) is 0 Å². The number of nitrogens with two attached hydrogens (primary N) is 1. The molecule has 0 fully saturated rings. The number of hydrogen-bond acceptors (Lipinski definition) is 4. The molecule has 1 atom stereocenters. The molecule has 94 valence electrons. The van der Waals surface area contributed by atoms with Gasteiger partial charge in [-0.15, -0.1) is 0 Å². The van der Waals surface area contributed by atoms with Crippen molar-refractivity contribution in [2.45, 2.75) is 20.0 Å². The van der Waals surface area contributed by atoms with Crippen LogP contribution in [0.5, 0.6) is 0 Å². The second kappa shape index (κ2) is 4.52. The molecule has 2 N–H and O–H groups in total. The van der Waals surface area contributed by atoms with E-state index in [1.807, 2.05) is 18.2 Å². The number of esters is 1. The van der Waals surface area contributed by atoms with Gasteiger partial charge in [0.25, 0.3) is 5.91 Å². The maximum Gasteiger partial charge on any atom is 0.375 e. The topological polar surface area (TPSA) is 82.5 Å². The van der Waals surface area contributed by atoms with Crippen molar-refractivity contribution in [3.8, 4) is 0 Å². The first kappa shape index (κ1) is 12.2. The second-order valence-corrected chi connectivity index (χ2v) is 4.00. The molecule has 5 heteroatoms. The van der Waals surface area contributed by atoms with Gasteiger partial charge in [0, 0.05) is 10.9 Å². The van der Waals surface area contributed by atoms with Crippen LogP contribution in [0.1, 0.15) is 23.0 Å². The van der Waals surface area contributed by atoms with Gasteiger partial charge in [-0.1, -0.05) is 18.2 Å². The van der Waals surface area contributed by atoms with E-state index < -0.39 is 18.0 Å². The Balaban J connectivity index is 2.34. The minimum absolute atomic E-state index is 0.101. The van der Waals surface area contributed by atoms with Crippen molar-refractivity contribution in [1.82, 2.24) is 0 Å². The third kappa shape index (κ3) is 2.07. The van der Waals surface area contributed by atoms with Gasteiger partial charge >= 0.3 is 5.97 Å². The standard InChI is InChI=1S/C13H13NO4/c1-7-9-5-3-4-6-10(9)18-11(7)13(16)17-8(2)12(14)15/h3-6,8H,1-2H3,(H2,14,15)/t8-/m1/s1. The van der Waals surface area contributed by atoms with Crippen LogP contribution >= 0.6 is 0 Å². The van der Waals surface area contributed by atoms with Crippen LogP contribution in [0.3, 0.4) is 0 Å². The van der Waals surface area contributed by atoms with Gasteiger partial charge in [0.15, 0.2) is 6.10 Å². The van der Waals surface area contributed by atoms with E-state index in [0.29, 0.717) is 11.1 Å². The van der Waals surface area contributed by atoms with E-state index in [0.717, 1.165) is 5.39 Å². The van der Waals surface area contributed by atoms with Gasteiger partial charge in [0.2, 0.25) is 5.76 Å². The van der Waals surface area contributed by atoms with E-state index in [9.17, 15) is 9.59 Å². The zero-order valence-electron chi connectivity index (χ0n) is 10.1. The largest absolute Gasteiger partial charge is 0.449 e. The lowest BCUT2D eigenvalue weighted by Gasteiger charge is -2.07. The highest BCUT2D eigenvalue weighted by molar-refractivity contribution is 5.96. The van der Waals surface area contributed by atoms with Crippen LogP contribution in [-0.2, 0) is 9.53 Å². The Kier molecular flexibility index (Phi) is 3.06. The smallest absolute Gasteiger partial charge is 0.375 e. The maximum absolute atomic E-state index is 11.8. The predicted molar refractivity (Wildman–Crippen MR) is 65.0 cm³/mol. The lowest BCUT2D eigenvalue weighted by atomic mass is 10.1. The molecule has 2 aromatic rings. The molecule has 5 nitrogen and oxygen atoms in total. The number of fused-ring (bicyclic) bond motifs is 1. The number of rotatable bonds is 3. The van der Waals surface area contributed by atoms with Crippen molar-refractivity contribution in [2.24, 2.45) is 5.73 Å². The second-order valence-electron chi connectivity index (χ2n) is 4.00. The zero-order chi connectivity index (χ0) is 13.3. The molecule has 0 bridgehead atoms. The molecule has 1 aromatic carbocycles. The van der Waals surface area contributed by atoms with Gasteiger partial charge in [-0.25, -0.2) is 4.79 Å². The summed E-state index contributed by atoms with van der Waals surface area (Å²) in [4.78, 5) is 22.7. The monoisotopic (exact) mass is 247 g/mol. The summed E-state index contributed by atoms with van der Waals surface area (Å²) >= 11 is 0. The molecule has 0 aliphatic carbocycles. The highest BCUT2D eigenvalue weighted by atomic mass is 16.6. The molecule has 1 amide bonds. The summed E-state index contributed by atoms with van der Waals surface area (Å²) in [5.74, 6) is -1.28. The van der Waals surface area contributed by atoms with Crippen molar-refractivity contribution in [2.75, 3.05) is 0 Å². The molecule has 0 saturated heterocycles. The molecule has 1 heterocycles. The molecule has 0 aliphatic heterocycles. The molecule has 1 aromatic heterocycles. The van der Waals surface area contributed by atoms with E-state index in [-0.39, 0.29) is 5.76 Å². The Labute approximate surface area is 104 Å². The van der Waals surface area contributed by atoms with E-state index in [4.69, 9.17) is 14.9 Å². The molecule has 0 saturated carbocycles. The number of carbonyl (C=O) groups is 2. The maximum atomic E-state index is 11.8. The number of ether oxygens (including phenoxy) is 1.